The van der Waals surface area contributed by atoms with Crippen molar-refractivity contribution in [1.82, 2.24) is 10.2 Å². The number of thioether (sulfide) groups is 1. The van der Waals surface area contributed by atoms with Crippen molar-refractivity contribution in [3.8, 4) is 0 Å². The van der Waals surface area contributed by atoms with Crippen LogP contribution in [-0.4, -0.2) is 34.3 Å². The summed E-state index contributed by atoms with van der Waals surface area (Å²) in [5.41, 5.74) is 1.42. The molecule has 3 rings (SSSR count). The molecule has 7 nitrogen and oxygen atoms in total. The standard InChI is InChI=1S/C19H18ClN5O2S2/c1-2-21-18-24-25-19(29-18)28-11-16(26)23-15-6-4-3-5-14(15)17(27)22-13-9-7-12(20)8-10-13/h3-10H,2,11H2,1H3,(H,21,24)(H,22,27)(H,23,26). The van der Waals surface area contributed by atoms with E-state index < -0.39 is 0 Å². The monoisotopic (exact) mass is 447 g/mol. The van der Waals surface area contributed by atoms with Gasteiger partial charge in [-0.3, -0.25) is 9.59 Å². The van der Waals surface area contributed by atoms with Gasteiger partial charge in [-0.2, -0.15) is 0 Å². The maximum absolute atomic E-state index is 12.6. The van der Waals surface area contributed by atoms with Crippen molar-refractivity contribution >= 4 is 63.0 Å². The number of hydrogen-bond donors (Lipinski definition) is 3. The number of hydrogen-bond acceptors (Lipinski definition) is 7. The first kappa shape index (κ1) is 21.1. The summed E-state index contributed by atoms with van der Waals surface area (Å²) in [6, 6.07) is 13.6. The van der Waals surface area contributed by atoms with Gasteiger partial charge in [0.15, 0.2) is 4.34 Å². The van der Waals surface area contributed by atoms with Crippen molar-refractivity contribution in [3.63, 3.8) is 0 Å². The molecule has 0 aliphatic carbocycles. The Morgan fingerprint density at radius 1 is 1.07 bits per heavy atom. The number of carbonyl (C=O) groups excluding carboxylic acids is 2. The van der Waals surface area contributed by atoms with Crippen LogP contribution in [0.5, 0.6) is 0 Å². The lowest BCUT2D eigenvalue weighted by Crippen LogP contribution is -2.19. The van der Waals surface area contributed by atoms with Crippen LogP contribution in [0.15, 0.2) is 52.9 Å². The number of anilines is 3. The fourth-order valence-corrected chi connectivity index (χ4v) is 4.07. The third-order valence-electron chi connectivity index (χ3n) is 3.61. The number of benzene rings is 2. The molecule has 0 spiro atoms. The lowest BCUT2D eigenvalue weighted by atomic mass is 10.1. The van der Waals surface area contributed by atoms with Gasteiger partial charge in [0.2, 0.25) is 11.0 Å². The van der Waals surface area contributed by atoms with E-state index in [2.05, 4.69) is 26.1 Å². The van der Waals surface area contributed by atoms with E-state index in [4.69, 9.17) is 11.6 Å². The van der Waals surface area contributed by atoms with E-state index in [-0.39, 0.29) is 17.6 Å². The molecule has 0 radical (unpaired) electrons. The molecule has 0 bridgehead atoms. The molecule has 0 aliphatic rings. The maximum Gasteiger partial charge on any atom is 0.257 e. The second kappa shape index (κ2) is 10.2. The number of carbonyl (C=O) groups is 2. The summed E-state index contributed by atoms with van der Waals surface area (Å²) in [5.74, 6) is -0.398. The zero-order valence-corrected chi connectivity index (χ0v) is 17.8. The lowest BCUT2D eigenvalue weighted by Gasteiger charge is -2.11. The fourth-order valence-electron chi connectivity index (χ4n) is 2.33. The predicted molar refractivity (Wildman–Crippen MR) is 119 cm³/mol. The zero-order chi connectivity index (χ0) is 20.6. The van der Waals surface area contributed by atoms with Gasteiger partial charge in [0.05, 0.1) is 17.0 Å². The molecule has 1 aromatic heterocycles. The molecule has 3 N–H and O–H groups in total. The first-order chi connectivity index (χ1) is 14.0. The Morgan fingerprint density at radius 3 is 2.59 bits per heavy atom. The molecule has 0 unspecified atom stereocenters. The Kier molecular flexibility index (Phi) is 7.45. The first-order valence-corrected chi connectivity index (χ1v) is 10.9. The van der Waals surface area contributed by atoms with E-state index in [1.807, 2.05) is 6.92 Å². The van der Waals surface area contributed by atoms with E-state index in [1.165, 1.54) is 23.1 Å². The third-order valence-corrected chi connectivity index (χ3v) is 5.88. The highest BCUT2D eigenvalue weighted by atomic mass is 35.5. The Labute approximate surface area is 181 Å². The maximum atomic E-state index is 12.6. The van der Waals surface area contributed by atoms with E-state index in [0.717, 1.165) is 11.7 Å². The minimum Gasteiger partial charge on any atom is -0.360 e. The quantitative estimate of drug-likeness (QED) is 0.436. The van der Waals surface area contributed by atoms with E-state index >= 15 is 0 Å². The van der Waals surface area contributed by atoms with Gasteiger partial charge in [-0.15, -0.1) is 10.2 Å². The molecule has 0 saturated heterocycles. The predicted octanol–water partition coefficient (Wildman–Crippen LogP) is 4.61. The fraction of sp³-hybridized carbons (Fsp3) is 0.158. The van der Waals surface area contributed by atoms with E-state index in [9.17, 15) is 9.59 Å². The first-order valence-electron chi connectivity index (χ1n) is 8.71. The van der Waals surface area contributed by atoms with Gasteiger partial charge in [-0.1, -0.05) is 46.8 Å². The van der Waals surface area contributed by atoms with Crippen LogP contribution in [0.4, 0.5) is 16.5 Å². The van der Waals surface area contributed by atoms with E-state index in [0.29, 0.717) is 26.3 Å². The Bertz CT molecular complexity index is 994. The summed E-state index contributed by atoms with van der Waals surface area (Å²) >= 11 is 8.55. The molecule has 1 heterocycles. The number of amides is 2. The molecular weight excluding hydrogens is 430 g/mol. The minimum absolute atomic E-state index is 0.161. The van der Waals surface area contributed by atoms with Crippen LogP contribution >= 0.6 is 34.7 Å². The summed E-state index contributed by atoms with van der Waals surface area (Å²) in [7, 11) is 0. The molecule has 2 aromatic carbocycles. The lowest BCUT2D eigenvalue weighted by molar-refractivity contribution is -0.113. The second-order valence-corrected chi connectivity index (χ2v) is 8.38. The molecule has 2 amide bonds. The van der Waals surface area contributed by atoms with Gasteiger partial charge in [0.1, 0.15) is 0 Å². The van der Waals surface area contributed by atoms with E-state index in [1.54, 1.807) is 48.5 Å². The van der Waals surface area contributed by atoms with Gasteiger partial charge < -0.3 is 16.0 Å². The number of nitrogens with one attached hydrogen (secondary N) is 3. The Hall–Kier alpha value is -2.62. The summed E-state index contributed by atoms with van der Waals surface area (Å²) < 4.78 is 0.699. The Morgan fingerprint density at radius 2 is 1.83 bits per heavy atom. The summed E-state index contributed by atoms with van der Waals surface area (Å²) in [4.78, 5) is 25.0. The topological polar surface area (TPSA) is 96.0 Å². The van der Waals surface area contributed by atoms with Gasteiger partial charge >= 0.3 is 0 Å². The van der Waals surface area contributed by atoms with Crippen molar-refractivity contribution < 1.29 is 9.59 Å². The van der Waals surface area contributed by atoms with Crippen LogP contribution in [0, 0.1) is 0 Å². The second-order valence-electron chi connectivity index (χ2n) is 5.75. The summed E-state index contributed by atoms with van der Waals surface area (Å²) in [5, 5.41) is 18.0. The molecule has 0 fully saturated rings. The molecular formula is C19H18ClN5O2S2. The smallest absolute Gasteiger partial charge is 0.257 e. The van der Waals surface area contributed by atoms with Crippen LogP contribution in [-0.2, 0) is 4.79 Å². The average Bonchev–Trinajstić information content (AvgIpc) is 3.16. The highest BCUT2D eigenvalue weighted by Gasteiger charge is 2.14. The number of halogens is 1. The van der Waals surface area contributed by atoms with Crippen molar-refractivity contribution in [1.29, 1.82) is 0 Å². The van der Waals surface area contributed by atoms with Gasteiger partial charge in [-0.25, -0.2) is 0 Å². The van der Waals surface area contributed by atoms with Crippen molar-refractivity contribution in [2.45, 2.75) is 11.3 Å². The van der Waals surface area contributed by atoms with Crippen molar-refractivity contribution in [3.05, 3.63) is 59.1 Å². The molecule has 10 heteroatoms. The third kappa shape index (κ3) is 6.18. The van der Waals surface area contributed by atoms with Crippen molar-refractivity contribution in [2.75, 3.05) is 28.2 Å². The largest absolute Gasteiger partial charge is 0.360 e. The van der Waals surface area contributed by atoms with Gasteiger partial charge in [0, 0.05) is 17.3 Å². The molecule has 29 heavy (non-hydrogen) atoms. The van der Waals surface area contributed by atoms with Gasteiger partial charge in [0.25, 0.3) is 5.91 Å². The van der Waals surface area contributed by atoms with Crippen LogP contribution in [0.2, 0.25) is 5.02 Å². The molecule has 3 aromatic rings. The zero-order valence-electron chi connectivity index (χ0n) is 15.4. The molecule has 0 atom stereocenters. The number of nitrogens with zero attached hydrogens (tertiary/aromatic N) is 2. The highest BCUT2D eigenvalue weighted by molar-refractivity contribution is 8.01. The Balaban J connectivity index is 1.60. The number of rotatable bonds is 8. The number of aromatic nitrogens is 2. The van der Waals surface area contributed by atoms with Crippen molar-refractivity contribution in [2.24, 2.45) is 0 Å². The molecule has 150 valence electrons. The van der Waals surface area contributed by atoms with Crippen LogP contribution < -0.4 is 16.0 Å². The average molecular weight is 448 g/mol. The SMILES string of the molecule is CCNc1nnc(SCC(=O)Nc2ccccc2C(=O)Nc2ccc(Cl)cc2)s1. The summed E-state index contributed by atoms with van der Waals surface area (Å²) in [6.07, 6.45) is 0. The van der Waals surface area contributed by atoms with Crippen LogP contribution in [0.3, 0.4) is 0 Å². The minimum atomic E-state index is -0.324. The normalized spacial score (nSPS) is 10.4. The van der Waals surface area contributed by atoms with Gasteiger partial charge in [-0.05, 0) is 43.3 Å². The molecule has 0 aliphatic heterocycles. The number of para-hydroxylation sites is 1. The highest BCUT2D eigenvalue weighted by Crippen LogP contribution is 2.26. The van der Waals surface area contributed by atoms with Crippen LogP contribution in [0.1, 0.15) is 17.3 Å². The van der Waals surface area contributed by atoms with Crippen LogP contribution in [0.25, 0.3) is 0 Å². The summed E-state index contributed by atoms with van der Waals surface area (Å²) in [6.45, 7) is 2.73. The molecule has 0 saturated carbocycles.